The predicted molar refractivity (Wildman–Crippen MR) is 98.3 cm³/mol. The van der Waals surface area contributed by atoms with Crippen LogP contribution in [0, 0.1) is 13.8 Å². The maximum absolute atomic E-state index is 11.8. The van der Waals surface area contributed by atoms with E-state index in [1.165, 1.54) is 6.08 Å². The fourth-order valence-corrected chi connectivity index (χ4v) is 2.71. The molecule has 0 atom stereocenters. The topological polar surface area (TPSA) is 57.3 Å². The number of nitrogens with zero attached hydrogens (tertiary/aromatic N) is 2. The third-order valence-electron chi connectivity index (χ3n) is 3.55. The van der Waals surface area contributed by atoms with Crippen molar-refractivity contribution in [3.05, 3.63) is 75.9 Å². The summed E-state index contributed by atoms with van der Waals surface area (Å²) in [5.41, 5.74) is 3.94. The summed E-state index contributed by atoms with van der Waals surface area (Å²) in [6.45, 7) is 4.19. The van der Waals surface area contributed by atoms with E-state index in [2.05, 4.69) is 21.0 Å². The molecule has 0 spiro atoms. The van der Waals surface area contributed by atoms with Crippen LogP contribution in [0.15, 0.2) is 57.6 Å². The summed E-state index contributed by atoms with van der Waals surface area (Å²) in [4.78, 5) is 11.8. The summed E-state index contributed by atoms with van der Waals surface area (Å²) in [5, 5.41) is 4.45. The normalized spacial score (nSPS) is 11.2. The van der Waals surface area contributed by atoms with E-state index in [4.69, 9.17) is 9.15 Å². The van der Waals surface area contributed by atoms with E-state index < -0.39 is 5.97 Å². The summed E-state index contributed by atoms with van der Waals surface area (Å²) in [6, 6.07) is 13.3. The lowest BCUT2D eigenvalue weighted by Gasteiger charge is -2.06. The molecular formula is C19H17BrN2O3. The molecule has 5 nitrogen and oxygen atoms in total. The van der Waals surface area contributed by atoms with E-state index in [0.29, 0.717) is 10.4 Å². The molecule has 0 N–H and O–H groups in total. The molecule has 3 rings (SSSR count). The minimum Gasteiger partial charge on any atom is -0.458 e. The first-order chi connectivity index (χ1) is 12.0. The highest BCUT2D eigenvalue weighted by Crippen LogP contribution is 2.16. The van der Waals surface area contributed by atoms with Gasteiger partial charge in [0.25, 0.3) is 0 Å². The first kappa shape index (κ1) is 17.2. The maximum Gasteiger partial charge on any atom is 0.331 e. The van der Waals surface area contributed by atoms with Gasteiger partial charge in [-0.3, -0.25) is 0 Å². The number of carbonyl (C=O) groups is 1. The second-order valence-electron chi connectivity index (χ2n) is 5.59. The van der Waals surface area contributed by atoms with E-state index in [9.17, 15) is 4.79 Å². The van der Waals surface area contributed by atoms with Crippen molar-refractivity contribution in [2.75, 3.05) is 0 Å². The number of aromatic nitrogens is 2. The molecule has 0 amide bonds. The smallest absolute Gasteiger partial charge is 0.331 e. The van der Waals surface area contributed by atoms with Gasteiger partial charge in [0.05, 0.1) is 11.4 Å². The van der Waals surface area contributed by atoms with Gasteiger partial charge in [0.2, 0.25) is 0 Å². The number of aryl methyl sites for hydroxylation is 2. The van der Waals surface area contributed by atoms with Crippen LogP contribution in [0.3, 0.4) is 0 Å². The molecule has 25 heavy (non-hydrogen) atoms. The van der Waals surface area contributed by atoms with Crippen LogP contribution in [0.5, 0.6) is 0 Å². The quantitative estimate of drug-likeness (QED) is 0.463. The molecule has 128 valence electrons. The van der Waals surface area contributed by atoms with Gasteiger partial charge in [-0.1, -0.05) is 12.1 Å². The average Bonchev–Trinajstić information content (AvgIpc) is 3.16. The number of esters is 1. The van der Waals surface area contributed by atoms with Gasteiger partial charge >= 0.3 is 5.97 Å². The van der Waals surface area contributed by atoms with E-state index in [-0.39, 0.29) is 6.61 Å². The molecule has 0 fully saturated rings. The van der Waals surface area contributed by atoms with Crippen LogP contribution in [-0.4, -0.2) is 15.7 Å². The molecule has 1 aromatic carbocycles. The van der Waals surface area contributed by atoms with Gasteiger partial charge in [-0.2, -0.15) is 5.10 Å². The Kier molecular flexibility index (Phi) is 5.19. The number of furan rings is 1. The van der Waals surface area contributed by atoms with Crippen LogP contribution >= 0.6 is 15.9 Å². The second-order valence-corrected chi connectivity index (χ2v) is 6.37. The molecule has 2 aromatic heterocycles. The molecule has 0 aliphatic carbocycles. The molecular weight excluding hydrogens is 384 g/mol. The van der Waals surface area contributed by atoms with E-state index >= 15 is 0 Å². The number of hydrogen-bond acceptors (Lipinski definition) is 4. The van der Waals surface area contributed by atoms with Crippen molar-refractivity contribution < 1.29 is 13.9 Å². The SMILES string of the molecule is Cc1cc(C)n(-c2ccc(COC(=O)C=Cc3ccc(Br)o3)cc2)n1. The summed E-state index contributed by atoms with van der Waals surface area (Å²) in [6.07, 6.45) is 2.91. The molecule has 0 unspecified atom stereocenters. The summed E-state index contributed by atoms with van der Waals surface area (Å²) >= 11 is 3.21. The molecule has 0 aliphatic heterocycles. The summed E-state index contributed by atoms with van der Waals surface area (Å²) in [7, 11) is 0. The van der Waals surface area contributed by atoms with Crippen LogP contribution in [0.4, 0.5) is 0 Å². The van der Waals surface area contributed by atoms with Gasteiger partial charge < -0.3 is 9.15 Å². The standard InChI is InChI=1S/C19H17BrN2O3/c1-13-11-14(2)22(21-13)16-5-3-15(4-6-16)12-24-19(23)10-8-17-7-9-18(20)25-17/h3-11H,12H2,1-2H3. The van der Waals surface area contributed by atoms with Crippen LogP contribution < -0.4 is 0 Å². The highest BCUT2D eigenvalue weighted by atomic mass is 79.9. The van der Waals surface area contributed by atoms with E-state index in [0.717, 1.165) is 22.6 Å². The number of carbonyl (C=O) groups excluding carboxylic acids is 1. The lowest BCUT2D eigenvalue weighted by atomic mass is 10.2. The number of hydrogen-bond donors (Lipinski definition) is 0. The minimum atomic E-state index is -0.421. The molecule has 0 radical (unpaired) electrons. The summed E-state index contributed by atoms with van der Waals surface area (Å²) < 4.78 is 13.0. The van der Waals surface area contributed by atoms with Crippen LogP contribution in [0.1, 0.15) is 22.7 Å². The van der Waals surface area contributed by atoms with Crippen molar-refractivity contribution in [2.24, 2.45) is 0 Å². The molecule has 2 heterocycles. The Bertz CT molecular complexity index is 907. The lowest BCUT2D eigenvalue weighted by molar-refractivity contribution is -0.138. The monoisotopic (exact) mass is 400 g/mol. The lowest BCUT2D eigenvalue weighted by Crippen LogP contribution is -2.02. The number of benzene rings is 1. The highest BCUT2D eigenvalue weighted by molar-refractivity contribution is 9.10. The Labute approximate surface area is 154 Å². The van der Waals surface area contributed by atoms with E-state index in [1.807, 2.05) is 48.9 Å². The minimum absolute atomic E-state index is 0.211. The third kappa shape index (κ3) is 4.48. The Balaban J connectivity index is 1.57. The van der Waals surface area contributed by atoms with E-state index in [1.54, 1.807) is 18.2 Å². The number of ether oxygens (including phenoxy) is 1. The molecule has 3 aromatic rings. The number of halogens is 1. The first-order valence-electron chi connectivity index (χ1n) is 7.74. The van der Waals surface area contributed by atoms with Crippen molar-refractivity contribution in [1.29, 1.82) is 0 Å². The molecule has 0 saturated heterocycles. The predicted octanol–water partition coefficient (Wildman–Crippen LogP) is 4.60. The summed E-state index contributed by atoms with van der Waals surface area (Å²) in [5.74, 6) is 0.160. The Morgan fingerprint density at radius 1 is 1.24 bits per heavy atom. The Morgan fingerprint density at radius 2 is 2.00 bits per heavy atom. The van der Waals surface area contributed by atoms with Crippen molar-refractivity contribution in [2.45, 2.75) is 20.5 Å². The molecule has 0 bridgehead atoms. The van der Waals surface area contributed by atoms with Gasteiger partial charge in [0.1, 0.15) is 12.4 Å². The van der Waals surface area contributed by atoms with Crippen LogP contribution in [0.2, 0.25) is 0 Å². The first-order valence-corrected chi connectivity index (χ1v) is 8.53. The number of rotatable bonds is 5. The van der Waals surface area contributed by atoms with Gasteiger partial charge in [0, 0.05) is 11.8 Å². The van der Waals surface area contributed by atoms with Crippen molar-refractivity contribution in [3.63, 3.8) is 0 Å². The van der Waals surface area contributed by atoms with Crippen LogP contribution in [0.25, 0.3) is 11.8 Å². The Hall–Kier alpha value is -2.60. The second kappa shape index (κ2) is 7.53. The van der Waals surface area contributed by atoms with Gasteiger partial charge in [-0.15, -0.1) is 0 Å². The zero-order valence-electron chi connectivity index (χ0n) is 13.9. The van der Waals surface area contributed by atoms with Crippen LogP contribution in [-0.2, 0) is 16.1 Å². The average molecular weight is 401 g/mol. The highest BCUT2D eigenvalue weighted by Gasteiger charge is 2.05. The molecule has 6 heteroatoms. The van der Waals surface area contributed by atoms with Crippen molar-refractivity contribution in [3.8, 4) is 5.69 Å². The van der Waals surface area contributed by atoms with Gasteiger partial charge in [-0.25, -0.2) is 9.48 Å². The van der Waals surface area contributed by atoms with Gasteiger partial charge in [0.15, 0.2) is 4.67 Å². The largest absolute Gasteiger partial charge is 0.458 e. The zero-order valence-corrected chi connectivity index (χ0v) is 15.5. The molecule has 0 saturated carbocycles. The van der Waals surface area contributed by atoms with Gasteiger partial charge in [-0.05, 0) is 71.7 Å². The fourth-order valence-electron chi connectivity index (χ4n) is 2.39. The Morgan fingerprint density at radius 3 is 2.60 bits per heavy atom. The fraction of sp³-hybridized carbons (Fsp3) is 0.158. The molecule has 0 aliphatic rings. The van der Waals surface area contributed by atoms with Crippen molar-refractivity contribution >= 4 is 28.0 Å². The maximum atomic E-state index is 11.8. The third-order valence-corrected chi connectivity index (χ3v) is 3.98. The zero-order chi connectivity index (χ0) is 17.8. The van der Waals surface area contributed by atoms with Crippen molar-refractivity contribution in [1.82, 2.24) is 9.78 Å².